The molecule has 0 N–H and O–H groups in total. The third-order valence-electron chi connectivity index (χ3n) is 3.39. The summed E-state index contributed by atoms with van der Waals surface area (Å²) in [5, 5.41) is 19.6. The Hall–Kier alpha value is -2.91. The highest BCUT2D eigenvalue weighted by atomic mass is 16.1. The standard InChI is InChI=1S/C16H8N2O/c17-8-10(9-18)7-14-12-5-1-3-11-4-2-6-13(15(11)12)16(14)19/h1-7,14H. The summed E-state index contributed by atoms with van der Waals surface area (Å²) in [5.74, 6) is -0.565. The van der Waals surface area contributed by atoms with Crippen LogP contribution in [0.4, 0.5) is 0 Å². The fraction of sp³-hybridized carbons (Fsp3) is 0.0625. The largest absolute Gasteiger partial charge is 0.293 e. The molecule has 0 radical (unpaired) electrons. The summed E-state index contributed by atoms with van der Waals surface area (Å²) in [6.45, 7) is 0. The van der Waals surface area contributed by atoms with Crippen molar-refractivity contribution in [3.8, 4) is 12.1 Å². The van der Waals surface area contributed by atoms with E-state index in [1.165, 1.54) is 6.08 Å². The molecule has 0 bridgehead atoms. The van der Waals surface area contributed by atoms with E-state index in [4.69, 9.17) is 10.5 Å². The van der Waals surface area contributed by atoms with Gasteiger partial charge in [0.2, 0.25) is 0 Å². The predicted molar refractivity (Wildman–Crippen MR) is 70.3 cm³/mol. The molecule has 0 spiro atoms. The summed E-state index contributed by atoms with van der Waals surface area (Å²) in [4.78, 5) is 12.4. The highest BCUT2D eigenvalue weighted by molar-refractivity contribution is 6.19. The van der Waals surface area contributed by atoms with Gasteiger partial charge >= 0.3 is 0 Å². The van der Waals surface area contributed by atoms with Gasteiger partial charge in [0.1, 0.15) is 17.7 Å². The number of ketones is 1. The number of rotatable bonds is 1. The van der Waals surface area contributed by atoms with E-state index in [2.05, 4.69) is 0 Å². The molecule has 0 amide bonds. The monoisotopic (exact) mass is 244 g/mol. The lowest BCUT2D eigenvalue weighted by molar-refractivity contribution is 0.0984. The van der Waals surface area contributed by atoms with Crippen LogP contribution in [-0.4, -0.2) is 5.78 Å². The zero-order valence-corrected chi connectivity index (χ0v) is 9.92. The number of benzene rings is 2. The second-order valence-corrected chi connectivity index (χ2v) is 4.40. The Morgan fingerprint density at radius 3 is 2.47 bits per heavy atom. The van der Waals surface area contributed by atoms with Crippen molar-refractivity contribution in [1.29, 1.82) is 10.5 Å². The van der Waals surface area contributed by atoms with Crippen LogP contribution in [0.3, 0.4) is 0 Å². The van der Waals surface area contributed by atoms with Crippen LogP contribution in [0.1, 0.15) is 21.8 Å². The molecule has 3 nitrogen and oxygen atoms in total. The Bertz CT molecular complexity index is 797. The minimum atomic E-state index is -0.518. The number of carbonyl (C=O) groups excluding carboxylic acids is 1. The predicted octanol–water partition coefficient (Wildman–Crippen LogP) is 3.09. The highest BCUT2D eigenvalue weighted by Gasteiger charge is 2.31. The van der Waals surface area contributed by atoms with Crippen molar-refractivity contribution >= 4 is 16.6 Å². The van der Waals surface area contributed by atoms with Crippen LogP contribution in [-0.2, 0) is 0 Å². The van der Waals surface area contributed by atoms with Crippen LogP contribution in [0.25, 0.3) is 10.8 Å². The Labute approximate surface area is 110 Å². The maximum absolute atomic E-state index is 12.4. The summed E-state index contributed by atoms with van der Waals surface area (Å²) < 4.78 is 0. The molecule has 1 unspecified atom stereocenters. The summed E-state index contributed by atoms with van der Waals surface area (Å²) in [6, 6.07) is 14.9. The van der Waals surface area contributed by atoms with Crippen molar-refractivity contribution in [3.63, 3.8) is 0 Å². The molecule has 88 valence electrons. The van der Waals surface area contributed by atoms with Crippen molar-refractivity contribution in [1.82, 2.24) is 0 Å². The minimum Gasteiger partial charge on any atom is -0.293 e. The molecule has 0 aromatic heterocycles. The lowest BCUT2D eigenvalue weighted by Gasteiger charge is -2.04. The molecule has 0 saturated heterocycles. The molecule has 3 rings (SSSR count). The first-order valence-electron chi connectivity index (χ1n) is 5.84. The summed E-state index contributed by atoms with van der Waals surface area (Å²) in [5.41, 5.74) is 1.52. The SMILES string of the molecule is N#CC(C#N)=CC1C(=O)c2cccc3cccc1c23. The van der Waals surface area contributed by atoms with Gasteiger partial charge in [-0.15, -0.1) is 0 Å². The van der Waals surface area contributed by atoms with Gasteiger partial charge < -0.3 is 0 Å². The molecule has 1 aliphatic carbocycles. The number of hydrogen-bond acceptors (Lipinski definition) is 3. The molecular weight excluding hydrogens is 236 g/mol. The average molecular weight is 244 g/mol. The van der Waals surface area contributed by atoms with E-state index >= 15 is 0 Å². The topological polar surface area (TPSA) is 64.7 Å². The van der Waals surface area contributed by atoms with Gasteiger partial charge in [0, 0.05) is 5.56 Å². The molecule has 0 heterocycles. The Morgan fingerprint density at radius 1 is 1.11 bits per heavy atom. The van der Waals surface area contributed by atoms with E-state index in [0.717, 1.165) is 16.3 Å². The molecule has 1 aliphatic rings. The molecule has 3 heteroatoms. The van der Waals surface area contributed by atoms with Crippen LogP contribution in [0.15, 0.2) is 48.0 Å². The fourth-order valence-electron chi connectivity index (χ4n) is 2.57. The number of nitriles is 2. The number of allylic oxidation sites excluding steroid dienone is 2. The van der Waals surface area contributed by atoms with Crippen LogP contribution in [0.2, 0.25) is 0 Å². The molecule has 0 saturated carbocycles. The Kier molecular flexibility index (Phi) is 2.41. The van der Waals surface area contributed by atoms with Crippen LogP contribution >= 0.6 is 0 Å². The van der Waals surface area contributed by atoms with E-state index in [1.54, 1.807) is 18.2 Å². The van der Waals surface area contributed by atoms with Gasteiger partial charge in [0.25, 0.3) is 0 Å². The Morgan fingerprint density at radius 2 is 1.79 bits per heavy atom. The van der Waals surface area contributed by atoms with Gasteiger partial charge in [0.05, 0.1) is 5.92 Å². The highest BCUT2D eigenvalue weighted by Crippen LogP contribution is 2.39. The van der Waals surface area contributed by atoms with Gasteiger partial charge in [-0.3, -0.25) is 4.79 Å². The van der Waals surface area contributed by atoms with E-state index in [9.17, 15) is 4.79 Å². The van der Waals surface area contributed by atoms with Gasteiger partial charge in [-0.2, -0.15) is 10.5 Å². The second-order valence-electron chi connectivity index (χ2n) is 4.40. The first kappa shape index (κ1) is 11.2. The normalized spacial score (nSPS) is 15.9. The third kappa shape index (κ3) is 1.53. The van der Waals surface area contributed by atoms with Crippen molar-refractivity contribution in [2.45, 2.75) is 5.92 Å². The van der Waals surface area contributed by atoms with E-state index in [-0.39, 0.29) is 11.4 Å². The minimum absolute atomic E-state index is 0.0249. The molecule has 0 aliphatic heterocycles. The smallest absolute Gasteiger partial charge is 0.174 e. The molecule has 19 heavy (non-hydrogen) atoms. The van der Waals surface area contributed by atoms with Gasteiger partial charge in [-0.25, -0.2) is 0 Å². The zero-order valence-electron chi connectivity index (χ0n) is 9.92. The third-order valence-corrected chi connectivity index (χ3v) is 3.39. The van der Waals surface area contributed by atoms with Crippen molar-refractivity contribution in [2.75, 3.05) is 0 Å². The number of nitrogens with zero attached hydrogens (tertiary/aromatic N) is 2. The summed E-state index contributed by atoms with van der Waals surface area (Å²) in [7, 11) is 0. The molecule has 1 atom stereocenters. The lowest BCUT2D eigenvalue weighted by Crippen LogP contribution is -2.03. The molecule has 2 aromatic rings. The molecule has 2 aromatic carbocycles. The van der Waals surface area contributed by atoms with Crippen molar-refractivity contribution in [2.24, 2.45) is 0 Å². The first-order valence-corrected chi connectivity index (χ1v) is 5.84. The average Bonchev–Trinajstić information content (AvgIpc) is 2.72. The van der Waals surface area contributed by atoms with E-state index in [0.29, 0.717) is 5.56 Å². The lowest BCUT2D eigenvalue weighted by atomic mass is 9.97. The van der Waals surface area contributed by atoms with Gasteiger partial charge in [-0.05, 0) is 22.4 Å². The van der Waals surface area contributed by atoms with Gasteiger partial charge in [0.15, 0.2) is 5.78 Å². The second kappa shape index (κ2) is 4.08. The number of Topliss-reactive ketones (excluding diaryl/α,β-unsaturated/α-hetero) is 1. The van der Waals surface area contributed by atoms with Crippen LogP contribution < -0.4 is 0 Å². The van der Waals surface area contributed by atoms with Crippen LogP contribution in [0, 0.1) is 22.7 Å². The maximum atomic E-state index is 12.4. The maximum Gasteiger partial charge on any atom is 0.174 e. The molecular formula is C16H8N2O. The van der Waals surface area contributed by atoms with Crippen molar-refractivity contribution in [3.05, 3.63) is 59.2 Å². The van der Waals surface area contributed by atoms with Crippen molar-refractivity contribution < 1.29 is 4.79 Å². The summed E-state index contributed by atoms with van der Waals surface area (Å²) >= 11 is 0. The fourth-order valence-corrected chi connectivity index (χ4v) is 2.57. The van der Waals surface area contributed by atoms with E-state index < -0.39 is 5.92 Å². The Balaban J connectivity index is 2.28. The first-order chi connectivity index (χ1) is 9.26. The van der Waals surface area contributed by atoms with E-state index in [1.807, 2.05) is 30.3 Å². The number of carbonyl (C=O) groups is 1. The summed E-state index contributed by atoms with van der Waals surface area (Å²) in [6.07, 6.45) is 1.46. The quantitative estimate of drug-likeness (QED) is 0.724. The zero-order chi connectivity index (χ0) is 13.4. The van der Waals surface area contributed by atoms with Gasteiger partial charge in [-0.1, -0.05) is 36.4 Å². The van der Waals surface area contributed by atoms with Crippen LogP contribution in [0.5, 0.6) is 0 Å². The molecule has 0 fully saturated rings. The number of hydrogen-bond donors (Lipinski definition) is 0.